The molecule has 2 rings (SSSR count). The van der Waals surface area contributed by atoms with Gasteiger partial charge < -0.3 is 9.40 Å². The summed E-state index contributed by atoms with van der Waals surface area (Å²) in [6, 6.07) is 1.53. The number of hydrogen-bond donors (Lipinski definition) is 1. The van der Waals surface area contributed by atoms with Gasteiger partial charge in [-0.2, -0.15) is 0 Å². The SMILES string of the molecule is CCCc1cc(=O)[nH]c(SCc2nnc(C)o2)n1. The van der Waals surface area contributed by atoms with Crippen LogP contribution < -0.4 is 5.56 Å². The number of aryl methyl sites for hydroxylation is 2. The Balaban J connectivity index is 2.06. The fraction of sp³-hybridized carbons (Fsp3) is 0.455. The van der Waals surface area contributed by atoms with E-state index >= 15 is 0 Å². The van der Waals surface area contributed by atoms with Gasteiger partial charge in [0.25, 0.3) is 5.56 Å². The summed E-state index contributed by atoms with van der Waals surface area (Å²) >= 11 is 1.38. The Morgan fingerprint density at radius 3 is 2.94 bits per heavy atom. The average molecular weight is 266 g/mol. The Morgan fingerprint density at radius 2 is 2.28 bits per heavy atom. The lowest BCUT2D eigenvalue weighted by molar-refractivity contribution is 0.485. The Bertz CT molecular complexity index is 578. The number of nitrogens with zero attached hydrogens (tertiary/aromatic N) is 3. The maximum atomic E-state index is 11.4. The quantitative estimate of drug-likeness (QED) is 0.655. The number of H-pyrrole nitrogens is 1. The van der Waals surface area contributed by atoms with Crippen LogP contribution in [-0.2, 0) is 12.2 Å². The van der Waals surface area contributed by atoms with Crippen LogP contribution in [0.15, 0.2) is 20.4 Å². The lowest BCUT2D eigenvalue weighted by atomic mass is 10.2. The first-order chi connectivity index (χ1) is 8.67. The predicted molar refractivity (Wildman–Crippen MR) is 67.4 cm³/mol. The summed E-state index contributed by atoms with van der Waals surface area (Å²) in [5, 5.41) is 8.21. The summed E-state index contributed by atoms with van der Waals surface area (Å²) in [6.07, 6.45) is 1.76. The Hall–Kier alpha value is -1.63. The third-order valence-electron chi connectivity index (χ3n) is 2.18. The third-order valence-corrected chi connectivity index (χ3v) is 3.04. The van der Waals surface area contributed by atoms with E-state index in [4.69, 9.17) is 4.42 Å². The maximum absolute atomic E-state index is 11.4. The molecule has 0 saturated heterocycles. The van der Waals surface area contributed by atoms with Gasteiger partial charge in [-0.15, -0.1) is 10.2 Å². The van der Waals surface area contributed by atoms with Crippen molar-refractivity contribution in [3.8, 4) is 0 Å². The Labute approximate surface area is 108 Å². The van der Waals surface area contributed by atoms with E-state index in [0.29, 0.717) is 22.7 Å². The van der Waals surface area contributed by atoms with Crippen molar-refractivity contribution in [1.82, 2.24) is 20.2 Å². The molecule has 0 spiro atoms. The average Bonchev–Trinajstić information content (AvgIpc) is 2.72. The number of hydrogen-bond acceptors (Lipinski definition) is 6. The van der Waals surface area contributed by atoms with E-state index in [2.05, 4.69) is 27.1 Å². The van der Waals surface area contributed by atoms with Crippen molar-refractivity contribution in [3.05, 3.63) is 33.9 Å². The van der Waals surface area contributed by atoms with Crippen molar-refractivity contribution in [1.29, 1.82) is 0 Å². The minimum atomic E-state index is -0.127. The molecular formula is C11H14N4O2S. The summed E-state index contributed by atoms with van der Waals surface area (Å²) < 4.78 is 5.25. The van der Waals surface area contributed by atoms with Crippen molar-refractivity contribution >= 4 is 11.8 Å². The van der Waals surface area contributed by atoms with E-state index in [1.807, 2.05) is 0 Å². The van der Waals surface area contributed by atoms with E-state index in [-0.39, 0.29) is 5.56 Å². The normalized spacial score (nSPS) is 10.8. The lowest BCUT2D eigenvalue weighted by Crippen LogP contribution is -2.09. The molecule has 0 radical (unpaired) electrons. The number of aromatic nitrogens is 4. The molecule has 6 nitrogen and oxygen atoms in total. The second kappa shape index (κ2) is 5.81. The van der Waals surface area contributed by atoms with Crippen molar-refractivity contribution in [3.63, 3.8) is 0 Å². The predicted octanol–water partition coefficient (Wildman–Crippen LogP) is 1.71. The van der Waals surface area contributed by atoms with Gasteiger partial charge in [-0.3, -0.25) is 4.79 Å². The van der Waals surface area contributed by atoms with Crippen molar-refractivity contribution in [2.75, 3.05) is 0 Å². The maximum Gasteiger partial charge on any atom is 0.251 e. The summed E-state index contributed by atoms with van der Waals surface area (Å²) in [7, 11) is 0. The van der Waals surface area contributed by atoms with Gasteiger partial charge in [0.1, 0.15) is 0 Å². The van der Waals surface area contributed by atoms with Gasteiger partial charge in [0, 0.05) is 18.7 Å². The Kier molecular flexibility index (Phi) is 4.14. The molecule has 0 atom stereocenters. The topological polar surface area (TPSA) is 84.7 Å². The highest BCUT2D eigenvalue weighted by molar-refractivity contribution is 7.98. The molecular weight excluding hydrogens is 252 g/mol. The summed E-state index contributed by atoms with van der Waals surface area (Å²) in [5.74, 6) is 1.56. The van der Waals surface area contributed by atoms with E-state index in [1.54, 1.807) is 6.92 Å². The molecule has 0 amide bonds. The monoisotopic (exact) mass is 266 g/mol. The van der Waals surface area contributed by atoms with Gasteiger partial charge in [0.05, 0.1) is 5.75 Å². The van der Waals surface area contributed by atoms with Crippen LogP contribution in [0.3, 0.4) is 0 Å². The molecule has 0 unspecified atom stereocenters. The van der Waals surface area contributed by atoms with Gasteiger partial charge in [-0.1, -0.05) is 25.1 Å². The zero-order chi connectivity index (χ0) is 13.0. The van der Waals surface area contributed by atoms with E-state index in [9.17, 15) is 4.79 Å². The third kappa shape index (κ3) is 3.43. The van der Waals surface area contributed by atoms with Crippen LogP contribution >= 0.6 is 11.8 Å². The molecule has 7 heteroatoms. The van der Waals surface area contributed by atoms with E-state index in [0.717, 1.165) is 18.5 Å². The fourth-order valence-corrected chi connectivity index (χ4v) is 2.19. The minimum Gasteiger partial charge on any atom is -0.425 e. The number of rotatable bonds is 5. The fourth-order valence-electron chi connectivity index (χ4n) is 1.46. The zero-order valence-electron chi connectivity index (χ0n) is 10.3. The first-order valence-corrected chi connectivity index (χ1v) is 6.68. The second-order valence-corrected chi connectivity index (χ2v) is 4.76. The summed E-state index contributed by atoms with van der Waals surface area (Å²) in [6.45, 7) is 3.79. The molecule has 0 aliphatic rings. The van der Waals surface area contributed by atoms with Gasteiger partial charge in [-0.25, -0.2) is 4.98 Å². The second-order valence-electron chi connectivity index (χ2n) is 3.80. The molecule has 0 aromatic carbocycles. The molecule has 2 heterocycles. The number of aromatic amines is 1. The van der Waals surface area contributed by atoms with Crippen LogP contribution in [0.1, 0.15) is 30.8 Å². The minimum absolute atomic E-state index is 0.127. The van der Waals surface area contributed by atoms with Crippen LogP contribution in [0, 0.1) is 6.92 Å². The first kappa shape index (κ1) is 12.8. The summed E-state index contributed by atoms with van der Waals surface area (Å²) in [5.41, 5.74) is 0.683. The van der Waals surface area contributed by atoms with Gasteiger partial charge >= 0.3 is 0 Å². The molecule has 1 N–H and O–H groups in total. The molecule has 2 aromatic rings. The number of thioether (sulfide) groups is 1. The number of nitrogens with one attached hydrogen (secondary N) is 1. The lowest BCUT2D eigenvalue weighted by Gasteiger charge is -2.01. The first-order valence-electron chi connectivity index (χ1n) is 5.69. The van der Waals surface area contributed by atoms with Crippen LogP contribution in [0.25, 0.3) is 0 Å². The van der Waals surface area contributed by atoms with Crippen LogP contribution in [-0.4, -0.2) is 20.2 Å². The molecule has 0 fully saturated rings. The van der Waals surface area contributed by atoms with Gasteiger partial charge in [0.2, 0.25) is 11.8 Å². The van der Waals surface area contributed by atoms with E-state index < -0.39 is 0 Å². The molecule has 0 saturated carbocycles. The molecule has 18 heavy (non-hydrogen) atoms. The summed E-state index contributed by atoms with van der Waals surface area (Å²) in [4.78, 5) is 18.5. The van der Waals surface area contributed by atoms with Gasteiger partial charge in [-0.05, 0) is 6.42 Å². The van der Waals surface area contributed by atoms with Crippen LogP contribution in [0.2, 0.25) is 0 Å². The Morgan fingerprint density at radius 1 is 1.44 bits per heavy atom. The van der Waals surface area contributed by atoms with Crippen LogP contribution in [0.4, 0.5) is 0 Å². The van der Waals surface area contributed by atoms with Crippen molar-refractivity contribution in [2.45, 2.75) is 37.6 Å². The smallest absolute Gasteiger partial charge is 0.251 e. The van der Waals surface area contributed by atoms with E-state index in [1.165, 1.54) is 17.8 Å². The highest BCUT2D eigenvalue weighted by atomic mass is 32.2. The molecule has 0 bridgehead atoms. The highest BCUT2D eigenvalue weighted by Gasteiger charge is 2.06. The van der Waals surface area contributed by atoms with Crippen molar-refractivity contribution in [2.24, 2.45) is 0 Å². The van der Waals surface area contributed by atoms with Gasteiger partial charge in [0.15, 0.2) is 5.16 Å². The standard InChI is InChI=1S/C11H14N4O2S/c1-3-4-8-5-9(16)13-11(12-8)18-6-10-15-14-7(2)17-10/h5H,3-4,6H2,1-2H3,(H,12,13,16). The zero-order valence-corrected chi connectivity index (χ0v) is 11.1. The van der Waals surface area contributed by atoms with Crippen molar-refractivity contribution < 1.29 is 4.42 Å². The molecule has 0 aliphatic heterocycles. The highest BCUT2D eigenvalue weighted by Crippen LogP contribution is 2.17. The van der Waals surface area contributed by atoms with Crippen LogP contribution in [0.5, 0.6) is 0 Å². The largest absolute Gasteiger partial charge is 0.425 e. The molecule has 96 valence electrons. The molecule has 0 aliphatic carbocycles. The molecule has 2 aromatic heterocycles.